The molecule has 1 aliphatic heterocycles. The third-order valence-electron chi connectivity index (χ3n) is 2.74. The Kier molecular flexibility index (Phi) is 2.32. The summed E-state index contributed by atoms with van der Waals surface area (Å²) in [5, 5.41) is 0. The maximum absolute atomic E-state index is 13.5. The summed E-state index contributed by atoms with van der Waals surface area (Å²) >= 11 is 0. The van der Waals surface area contributed by atoms with E-state index in [9.17, 15) is 4.39 Å². The minimum absolute atomic E-state index is 0.209. The van der Waals surface area contributed by atoms with Crippen LogP contribution in [-0.2, 0) is 0 Å². The van der Waals surface area contributed by atoms with Crippen molar-refractivity contribution in [3.05, 3.63) is 24.0 Å². The van der Waals surface area contributed by atoms with Crippen LogP contribution in [0.25, 0.3) is 0 Å². The summed E-state index contributed by atoms with van der Waals surface area (Å²) in [4.78, 5) is 2.08. The number of hydrogen-bond donors (Lipinski definition) is 1. The molecule has 0 amide bonds. The maximum atomic E-state index is 13.5. The van der Waals surface area contributed by atoms with E-state index in [-0.39, 0.29) is 5.82 Å². The Labute approximate surface area is 83.5 Å². The molecule has 1 saturated heterocycles. The minimum atomic E-state index is -0.209. The number of hydrogen-bond acceptors (Lipinski definition) is 2. The molecule has 1 unspecified atom stereocenters. The third-order valence-corrected chi connectivity index (χ3v) is 2.74. The standard InChI is InChI=1S/C11H15FN2/c1-8-4-5-14(7-8)11-3-2-9(13)6-10(11)12/h2-3,6,8H,4-5,7,13H2,1H3. The lowest BCUT2D eigenvalue weighted by Crippen LogP contribution is -2.20. The van der Waals surface area contributed by atoms with Crippen LogP contribution in [-0.4, -0.2) is 13.1 Å². The van der Waals surface area contributed by atoms with Gasteiger partial charge in [0.15, 0.2) is 0 Å². The fourth-order valence-electron chi connectivity index (χ4n) is 1.93. The molecule has 0 aliphatic carbocycles. The molecule has 1 heterocycles. The second kappa shape index (κ2) is 3.48. The molecular weight excluding hydrogens is 179 g/mol. The fraction of sp³-hybridized carbons (Fsp3) is 0.455. The summed E-state index contributed by atoms with van der Waals surface area (Å²) < 4.78 is 13.5. The molecule has 14 heavy (non-hydrogen) atoms. The SMILES string of the molecule is CC1CCN(c2ccc(N)cc2F)C1. The lowest BCUT2D eigenvalue weighted by atomic mass is 10.2. The van der Waals surface area contributed by atoms with Crippen LogP contribution in [0.5, 0.6) is 0 Å². The van der Waals surface area contributed by atoms with E-state index < -0.39 is 0 Å². The third kappa shape index (κ3) is 1.67. The largest absolute Gasteiger partial charge is 0.399 e. The van der Waals surface area contributed by atoms with E-state index in [4.69, 9.17) is 5.73 Å². The summed E-state index contributed by atoms with van der Waals surface area (Å²) in [5.41, 5.74) is 6.66. The molecule has 1 aromatic carbocycles. The van der Waals surface area contributed by atoms with Crippen LogP contribution < -0.4 is 10.6 Å². The summed E-state index contributed by atoms with van der Waals surface area (Å²) in [6, 6.07) is 4.91. The molecule has 1 fully saturated rings. The summed E-state index contributed by atoms with van der Waals surface area (Å²) in [6.45, 7) is 4.08. The first-order chi connectivity index (χ1) is 6.66. The molecule has 0 spiro atoms. The van der Waals surface area contributed by atoms with Gasteiger partial charge in [-0.05, 0) is 30.5 Å². The first kappa shape index (κ1) is 9.31. The number of nitrogens with zero attached hydrogens (tertiary/aromatic N) is 1. The van der Waals surface area contributed by atoms with Crippen molar-refractivity contribution < 1.29 is 4.39 Å². The molecular formula is C11H15FN2. The van der Waals surface area contributed by atoms with Crippen LogP contribution in [0.1, 0.15) is 13.3 Å². The van der Waals surface area contributed by atoms with Gasteiger partial charge in [0, 0.05) is 18.8 Å². The van der Waals surface area contributed by atoms with Gasteiger partial charge in [-0.15, -0.1) is 0 Å². The quantitative estimate of drug-likeness (QED) is 0.695. The van der Waals surface area contributed by atoms with Gasteiger partial charge in [-0.25, -0.2) is 4.39 Å². The Balaban J connectivity index is 2.24. The van der Waals surface area contributed by atoms with Gasteiger partial charge in [0.25, 0.3) is 0 Å². The predicted octanol–water partition coefficient (Wildman–Crippen LogP) is 2.25. The maximum Gasteiger partial charge on any atom is 0.148 e. The second-order valence-electron chi connectivity index (χ2n) is 4.05. The molecule has 1 atom stereocenters. The predicted molar refractivity (Wildman–Crippen MR) is 56.8 cm³/mol. The van der Waals surface area contributed by atoms with E-state index in [0.29, 0.717) is 17.3 Å². The number of nitrogens with two attached hydrogens (primary N) is 1. The molecule has 3 heteroatoms. The first-order valence-electron chi connectivity index (χ1n) is 4.97. The van der Waals surface area contributed by atoms with Crippen LogP contribution in [0.15, 0.2) is 18.2 Å². The smallest absolute Gasteiger partial charge is 0.148 e. The van der Waals surface area contributed by atoms with E-state index in [1.165, 1.54) is 6.07 Å². The van der Waals surface area contributed by atoms with Gasteiger partial charge in [0.2, 0.25) is 0 Å². The number of anilines is 2. The molecule has 2 nitrogen and oxygen atoms in total. The zero-order valence-electron chi connectivity index (χ0n) is 8.33. The molecule has 2 N–H and O–H groups in total. The van der Waals surface area contributed by atoms with E-state index >= 15 is 0 Å². The molecule has 76 valence electrons. The van der Waals surface area contributed by atoms with E-state index in [1.807, 2.05) is 0 Å². The molecule has 1 aliphatic rings. The monoisotopic (exact) mass is 194 g/mol. The molecule has 0 radical (unpaired) electrons. The Morgan fingerprint density at radius 1 is 1.50 bits per heavy atom. The molecule has 2 rings (SSSR count). The Morgan fingerprint density at radius 3 is 2.86 bits per heavy atom. The number of rotatable bonds is 1. The van der Waals surface area contributed by atoms with Crippen LogP contribution >= 0.6 is 0 Å². The Morgan fingerprint density at radius 2 is 2.29 bits per heavy atom. The van der Waals surface area contributed by atoms with Crippen LogP contribution in [0.2, 0.25) is 0 Å². The zero-order chi connectivity index (χ0) is 10.1. The summed E-state index contributed by atoms with van der Waals surface area (Å²) in [6.07, 6.45) is 1.14. The molecule has 0 bridgehead atoms. The molecule has 1 aromatic rings. The number of benzene rings is 1. The Hall–Kier alpha value is -1.25. The zero-order valence-corrected chi connectivity index (χ0v) is 8.33. The van der Waals surface area contributed by atoms with Crippen molar-refractivity contribution in [2.75, 3.05) is 23.7 Å². The van der Waals surface area contributed by atoms with Crippen molar-refractivity contribution in [1.29, 1.82) is 0 Å². The van der Waals surface area contributed by atoms with Crippen molar-refractivity contribution in [2.45, 2.75) is 13.3 Å². The van der Waals surface area contributed by atoms with Gasteiger partial charge in [0.1, 0.15) is 5.82 Å². The van der Waals surface area contributed by atoms with Gasteiger partial charge in [0.05, 0.1) is 5.69 Å². The van der Waals surface area contributed by atoms with Gasteiger partial charge in [-0.1, -0.05) is 6.92 Å². The van der Waals surface area contributed by atoms with Crippen molar-refractivity contribution in [2.24, 2.45) is 5.92 Å². The van der Waals surface area contributed by atoms with Gasteiger partial charge in [-0.2, -0.15) is 0 Å². The minimum Gasteiger partial charge on any atom is -0.399 e. The lowest BCUT2D eigenvalue weighted by Gasteiger charge is -2.18. The van der Waals surface area contributed by atoms with Gasteiger partial charge in [-0.3, -0.25) is 0 Å². The molecule has 0 aromatic heterocycles. The number of nitrogen functional groups attached to an aromatic ring is 1. The average molecular weight is 194 g/mol. The summed E-state index contributed by atoms with van der Waals surface area (Å²) in [5.74, 6) is 0.450. The fourth-order valence-corrected chi connectivity index (χ4v) is 1.93. The lowest BCUT2D eigenvalue weighted by molar-refractivity contribution is 0.620. The van der Waals surface area contributed by atoms with Crippen molar-refractivity contribution in [1.82, 2.24) is 0 Å². The topological polar surface area (TPSA) is 29.3 Å². The van der Waals surface area contributed by atoms with Crippen molar-refractivity contribution >= 4 is 11.4 Å². The van der Waals surface area contributed by atoms with E-state index in [1.54, 1.807) is 12.1 Å². The highest BCUT2D eigenvalue weighted by molar-refractivity contribution is 5.55. The highest BCUT2D eigenvalue weighted by atomic mass is 19.1. The van der Waals surface area contributed by atoms with Crippen LogP contribution in [0.4, 0.5) is 15.8 Å². The normalized spacial score (nSPS) is 21.6. The number of halogens is 1. The average Bonchev–Trinajstić information content (AvgIpc) is 2.51. The van der Waals surface area contributed by atoms with E-state index in [0.717, 1.165) is 19.5 Å². The highest BCUT2D eigenvalue weighted by Gasteiger charge is 2.20. The van der Waals surface area contributed by atoms with E-state index in [2.05, 4.69) is 11.8 Å². The van der Waals surface area contributed by atoms with Gasteiger partial charge < -0.3 is 10.6 Å². The Bertz CT molecular complexity index is 338. The van der Waals surface area contributed by atoms with Crippen molar-refractivity contribution in [3.63, 3.8) is 0 Å². The summed E-state index contributed by atoms with van der Waals surface area (Å²) in [7, 11) is 0. The van der Waals surface area contributed by atoms with Crippen LogP contribution in [0.3, 0.4) is 0 Å². The van der Waals surface area contributed by atoms with Crippen LogP contribution in [0, 0.1) is 11.7 Å². The highest BCUT2D eigenvalue weighted by Crippen LogP contribution is 2.27. The van der Waals surface area contributed by atoms with Gasteiger partial charge >= 0.3 is 0 Å². The molecule has 0 saturated carbocycles. The first-order valence-corrected chi connectivity index (χ1v) is 4.97. The second-order valence-corrected chi connectivity index (χ2v) is 4.05. The van der Waals surface area contributed by atoms with Crippen molar-refractivity contribution in [3.8, 4) is 0 Å².